The molecule has 0 saturated carbocycles. The minimum absolute atomic E-state index is 0.0657. The van der Waals surface area contributed by atoms with Crippen molar-refractivity contribution in [2.24, 2.45) is 0 Å². The van der Waals surface area contributed by atoms with Crippen molar-refractivity contribution in [1.29, 1.82) is 0 Å². The van der Waals surface area contributed by atoms with Gasteiger partial charge in [-0.15, -0.1) is 0 Å². The third kappa shape index (κ3) is 5.41. The van der Waals surface area contributed by atoms with Crippen molar-refractivity contribution in [3.8, 4) is 11.5 Å². The number of hydrogen-bond acceptors (Lipinski definition) is 8. The van der Waals surface area contributed by atoms with Gasteiger partial charge in [0.2, 0.25) is 5.91 Å². The first kappa shape index (κ1) is 26.1. The van der Waals surface area contributed by atoms with E-state index in [0.29, 0.717) is 29.2 Å². The first-order chi connectivity index (χ1) is 18.4. The summed E-state index contributed by atoms with van der Waals surface area (Å²) in [5.74, 6) is 0.111. The predicted molar refractivity (Wildman–Crippen MR) is 140 cm³/mol. The van der Waals surface area contributed by atoms with Gasteiger partial charge in [-0.05, 0) is 60.5 Å². The number of hydrogen-bond donors (Lipinski definition) is 1. The lowest BCUT2D eigenvalue weighted by Crippen LogP contribution is -2.42. The molecule has 0 unspecified atom stereocenters. The number of anilines is 1. The van der Waals surface area contributed by atoms with Crippen LogP contribution in [0.1, 0.15) is 15.9 Å². The molecule has 0 atom stereocenters. The van der Waals surface area contributed by atoms with Crippen molar-refractivity contribution >= 4 is 28.6 Å². The average Bonchev–Trinajstić information content (AvgIpc) is 2.95. The second kappa shape index (κ2) is 11.4. The van der Waals surface area contributed by atoms with E-state index in [1.807, 2.05) is 6.07 Å². The number of methoxy groups -OCH3 is 3. The number of aromatic nitrogens is 3. The maximum absolute atomic E-state index is 13.4. The number of nitrogens with zero attached hydrogens (tertiary/aromatic N) is 3. The molecule has 0 bridgehead atoms. The van der Waals surface area contributed by atoms with Crippen molar-refractivity contribution in [2.45, 2.75) is 19.5 Å². The number of benzene rings is 2. The first-order valence-electron chi connectivity index (χ1n) is 11.6. The van der Waals surface area contributed by atoms with Crippen molar-refractivity contribution in [3.05, 3.63) is 92.8 Å². The Hall–Kier alpha value is -4.93. The summed E-state index contributed by atoms with van der Waals surface area (Å²) in [6.07, 6.45) is 1.81. The van der Waals surface area contributed by atoms with Crippen LogP contribution in [0.5, 0.6) is 11.5 Å². The van der Waals surface area contributed by atoms with Crippen LogP contribution in [-0.2, 0) is 29.0 Å². The van der Waals surface area contributed by atoms with Gasteiger partial charge < -0.3 is 19.5 Å². The largest absolute Gasteiger partial charge is 0.493 e. The quantitative estimate of drug-likeness (QED) is 0.334. The minimum Gasteiger partial charge on any atom is -0.493 e. The standard InChI is InChI=1S/C27H26N4O7/c1-36-21-11-6-17(15-22(21)37-2)12-14-30-25(33)24-20(5-4-13-28-24)31(27(30)35)16-23(32)29-19-9-7-18(8-10-19)26(34)38-3/h4-11,13,15H,12,14,16H2,1-3H3,(H,29,32). The van der Waals surface area contributed by atoms with Gasteiger partial charge in [0.1, 0.15) is 6.54 Å². The topological polar surface area (TPSA) is 131 Å². The summed E-state index contributed by atoms with van der Waals surface area (Å²) in [4.78, 5) is 55.2. The van der Waals surface area contributed by atoms with Crippen LogP contribution in [-0.4, -0.2) is 47.3 Å². The van der Waals surface area contributed by atoms with Gasteiger partial charge in [-0.2, -0.15) is 0 Å². The molecule has 2 aromatic carbocycles. The van der Waals surface area contributed by atoms with E-state index in [-0.39, 0.29) is 24.1 Å². The van der Waals surface area contributed by atoms with E-state index in [4.69, 9.17) is 9.47 Å². The number of amides is 1. The molecule has 0 aliphatic rings. The maximum atomic E-state index is 13.4. The van der Waals surface area contributed by atoms with Crippen molar-refractivity contribution in [2.75, 3.05) is 26.6 Å². The van der Waals surface area contributed by atoms with Crippen molar-refractivity contribution < 1.29 is 23.8 Å². The summed E-state index contributed by atoms with van der Waals surface area (Å²) in [6, 6.07) is 14.6. The molecule has 4 rings (SSSR count). The van der Waals surface area contributed by atoms with Crippen LogP contribution in [0.15, 0.2) is 70.4 Å². The van der Waals surface area contributed by atoms with Crippen LogP contribution in [0.25, 0.3) is 11.0 Å². The van der Waals surface area contributed by atoms with Crippen LogP contribution >= 0.6 is 0 Å². The summed E-state index contributed by atoms with van der Waals surface area (Å²) in [7, 11) is 4.34. The Labute approximate surface area is 217 Å². The van der Waals surface area contributed by atoms with E-state index >= 15 is 0 Å². The average molecular weight is 519 g/mol. The van der Waals surface area contributed by atoms with E-state index in [0.717, 1.165) is 10.1 Å². The fourth-order valence-electron chi connectivity index (χ4n) is 4.02. The third-order valence-electron chi connectivity index (χ3n) is 5.95. The first-order valence-corrected chi connectivity index (χ1v) is 11.6. The Morgan fingerprint density at radius 1 is 0.921 bits per heavy atom. The Kier molecular flexibility index (Phi) is 7.86. The molecule has 2 aromatic heterocycles. The molecular formula is C27H26N4O7. The monoisotopic (exact) mass is 518 g/mol. The Bertz CT molecular complexity index is 1610. The van der Waals surface area contributed by atoms with Gasteiger partial charge in [0.05, 0.1) is 32.4 Å². The summed E-state index contributed by atoms with van der Waals surface area (Å²) < 4.78 is 17.6. The molecule has 11 heteroatoms. The number of pyridine rings is 1. The molecule has 2 heterocycles. The molecule has 0 fully saturated rings. The maximum Gasteiger partial charge on any atom is 0.337 e. The number of ether oxygens (including phenoxy) is 3. The van der Waals surface area contributed by atoms with E-state index in [9.17, 15) is 19.2 Å². The molecule has 0 aliphatic carbocycles. The van der Waals surface area contributed by atoms with Gasteiger partial charge in [0.25, 0.3) is 5.56 Å². The van der Waals surface area contributed by atoms with E-state index in [1.54, 1.807) is 36.4 Å². The second-order valence-electron chi connectivity index (χ2n) is 8.25. The van der Waals surface area contributed by atoms with Gasteiger partial charge in [0.15, 0.2) is 17.0 Å². The zero-order valence-corrected chi connectivity index (χ0v) is 21.1. The summed E-state index contributed by atoms with van der Waals surface area (Å²) >= 11 is 0. The number of nitrogens with one attached hydrogen (secondary N) is 1. The fourth-order valence-corrected chi connectivity index (χ4v) is 4.02. The zero-order valence-electron chi connectivity index (χ0n) is 21.1. The van der Waals surface area contributed by atoms with Crippen molar-refractivity contribution in [3.63, 3.8) is 0 Å². The molecule has 0 spiro atoms. The van der Waals surface area contributed by atoms with Gasteiger partial charge in [-0.3, -0.25) is 18.7 Å². The van der Waals surface area contributed by atoms with Crippen molar-refractivity contribution in [1.82, 2.24) is 14.1 Å². The fraction of sp³-hybridized carbons (Fsp3) is 0.222. The number of aryl methyl sites for hydroxylation is 1. The molecule has 4 aromatic rings. The number of esters is 1. The molecule has 11 nitrogen and oxygen atoms in total. The lowest BCUT2D eigenvalue weighted by Gasteiger charge is -2.14. The molecular weight excluding hydrogens is 492 g/mol. The number of carbonyl (C=O) groups excluding carboxylic acids is 2. The second-order valence-corrected chi connectivity index (χ2v) is 8.25. The molecule has 1 amide bonds. The number of fused-ring (bicyclic) bond motifs is 1. The van der Waals surface area contributed by atoms with Crippen LogP contribution in [0.4, 0.5) is 5.69 Å². The Balaban J connectivity index is 1.61. The highest BCUT2D eigenvalue weighted by molar-refractivity contribution is 5.93. The minimum atomic E-state index is -0.632. The Morgan fingerprint density at radius 2 is 1.66 bits per heavy atom. The molecule has 0 radical (unpaired) electrons. The van der Waals surface area contributed by atoms with E-state index in [1.165, 1.54) is 44.2 Å². The summed E-state index contributed by atoms with van der Waals surface area (Å²) in [5, 5.41) is 2.70. The van der Waals surface area contributed by atoms with Gasteiger partial charge in [0, 0.05) is 18.4 Å². The van der Waals surface area contributed by atoms with E-state index < -0.39 is 23.1 Å². The lowest BCUT2D eigenvalue weighted by molar-refractivity contribution is -0.116. The van der Waals surface area contributed by atoms with Gasteiger partial charge >= 0.3 is 11.7 Å². The number of carbonyl (C=O) groups is 2. The third-order valence-corrected chi connectivity index (χ3v) is 5.95. The normalized spacial score (nSPS) is 10.7. The van der Waals surface area contributed by atoms with Gasteiger partial charge in [-0.25, -0.2) is 14.6 Å². The van der Waals surface area contributed by atoms with E-state index in [2.05, 4.69) is 15.0 Å². The van der Waals surface area contributed by atoms with Crippen LogP contribution in [0.3, 0.4) is 0 Å². The summed E-state index contributed by atoms with van der Waals surface area (Å²) in [6.45, 7) is -0.285. The van der Waals surface area contributed by atoms with Crippen LogP contribution < -0.4 is 26.0 Å². The Morgan fingerprint density at radius 3 is 2.34 bits per heavy atom. The smallest absolute Gasteiger partial charge is 0.337 e. The molecule has 0 aliphatic heterocycles. The highest BCUT2D eigenvalue weighted by Gasteiger charge is 2.17. The highest BCUT2D eigenvalue weighted by Crippen LogP contribution is 2.27. The molecule has 0 saturated heterocycles. The predicted octanol–water partition coefficient (Wildman–Crippen LogP) is 2.24. The van der Waals surface area contributed by atoms with Crippen LogP contribution in [0, 0.1) is 0 Å². The lowest BCUT2D eigenvalue weighted by atomic mass is 10.1. The molecule has 1 N–H and O–H groups in total. The van der Waals surface area contributed by atoms with Crippen LogP contribution in [0.2, 0.25) is 0 Å². The number of rotatable bonds is 9. The molecule has 196 valence electrons. The summed E-state index contributed by atoms with van der Waals surface area (Å²) in [5.41, 5.74) is 0.749. The zero-order chi connectivity index (χ0) is 27.2. The molecule has 38 heavy (non-hydrogen) atoms. The highest BCUT2D eigenvalue weighted by atomic mass is 16.5. The SMILES string of the molecule is COC(=O)c1ccc(NC(=O)Cn2c(=O)n(CCc3ccc(OC)c(OC)c3)c(=O)c3ncccc32)cc1. The van der Waals surface area contributed by atoms with Gasteiger partial charge in [-0.1, -0.05) is 6.07 Å².